The molecule has 13 nitrogen and oxygen atoms in total. The van der Waals surface area contributed by atoms with E-state index >= 15 is 4.79 Å². The van der Waals surface area contributed by atoms with Crippen molar-refractivity contribution in [3.05, 3.63) is 0 Å². The SMILES string of the molecule is CCCC(NC(=O)[C@@H]1CC2(CN1C(=O)[C@@H](NC(=O)C(NC(=O)[C@H]1CN(C)CCN1C(C)C)C1CCCCC1)C(C)(C)C)C(C)(C)C21CCC1)C(=N)C(=O)NC1CC1. The number of piperazine rings is 1. The molecule has 6 rings (SSSR count). The highest BCUT2D eigenvalue weighted by molar-refractivity contribution is 6.40. The van der Waals surface area contributed by atoms with Gasteiger partial charge >= 0.3 is 0 Å². The summed E-state index contributed by atoms with van der Waals surface area (Å²) in [4.78, 5) is 77.7. The monoisotopic (exact) mass is 795 g/mol. The van der Waals surface area contributed by atoms with Crippen LogP contribution in [0.4, 0.5) is 0 Å². The normalized spacial score (nSPS) is 29.0. The van der Waals surface area contributed by atoms with Gasteiger partial charge in [0.2, 0.25) is 23.6 Å². The molecule has 6 fully saturated rings. The Kier molecular flexibility index (Phi) is 12.6. The summed E-state index contributed by atoms with van der Waals surface area (Å²) in [5.41, 5.74) is -1.13. The molecule has 4 aliphatic carbocycles. The number of hydrogen-bond donors (Lipinski definition) is 5. The lowest BCUT2D eigenvalue weighted by molar-refractivity contribution is -0.145. The Morgan fingerprint density at radius 3 is 2.04 bits per heavy atom. The van der Waals surface area contributed by atoms with Crippen molar-refractivity contribution in [2.75, 3.05) is 33.2 Å². The molecule has 0 aromatic carbocycles. The maximum Gasteiger partial charge on any atom is 0.267 e. The first-order valence-electron chi connectivity index (χ1n) is 22.3. The molecule has 4 saturated carbocycles. The molecular weight excluding hydrogens is 721 g/mol. The second kappa shape index (κ2) is 16.5. The van der Waals surface area contributed by atoms with Crippen molar-refractivity contribution in [1.82, 2.24) is 36.0 Å². The number of carbonyl (C=O) groups is 5. The van der Waals surface area contributed by atoms with Crippen molar-refractivity contribution >= 4 is 35.2 Å². The summed E-state index contributed by atoms with van der Waals surface area (Å²) in [6, 6.07) is -3.45. The molecule has 6 aliphatic rings. The van der Waals surface area contributed by atoms with E-state index in [0.29, 0.717) is 32.4 Å². The zero-order valence-corrected chi connectivity index (χ0v) is 36.5. The van der Waals surface area contributed by atoms with Crippen molar-refractivity contribution < 1.29 is 24.0 Å². The van der Waals surface area contributed by atoms with Crippen molar-refractivity contribution in [2.24, 2.45) is 27.6 Å². The Morgan fingerprint density at radius 2 is 1.49 bits per heavy atom. The van der Waals surface area contributed by atoms with E-state index in [9.17, 15) is 19.2 Å². The van der Waals surface area contributed by atoms with Gasteiger partial charge in [-0.1, -0.05) is 73.6 Å². The summed E-state index contributed by atoms with van der Waals surface area (Å²) in [7, 11) is 2.02. The number of hydrogen-bond acceptors (Lipinski definition) is 8. The summed E-state index contributed by atoms with van der Waals surface area (Å²) in [6.07, 6.45) is 11.4. The second-order valence-electron chi connectivity index (χ2n) is 20.6. The van der Waals surface area contributed by atoms with Crippen molar-refractivity contribution in [3.63, 3.8) is 0 Å². The first-order chi connectivity index (χ1) is 26.8. The fourth-order valence-corrected chi connectivity index (χ4v) is 11.5. The zero-order valence-electron chi connectivity index (χ0n) is 36.5. The Balaban J connectivity index is 1.26. The van der Waals surface area contributed by atoms with E-state index in [-0.39, 0.29) is 69.6 Å². The van der Waals surface area contributed by atoms with E-state index in [1.165, 1.54) is 0 Å². The standard InChI is InChI=1S/C44H74N8O5/c1-10-15-30(33(45)38(55)46-29-18-19-29)47-36(53)31-24-44(42(7,8)43(44)20-14-21-43)26-52(31)40(57)35(41(4,5)6)49-39(56)34(28-16-12-11-13-17-28)48-37(54)32-25-50(9)22-23-51(32)27(2)3/h27-32,34-35,45H,10-26H2,1-9H3,(H,46,55)(H,47,53)(H,48,54)(H,49,56)/t30?,31-,32+,34?,35+,44?/m0/s1. The highest BCUT2D eigenvalue weighted by atomic mass is 16.2. The van der Waals surface area contributed by atoms with Crippen LogP contribution in [-0.2, 0) is 24.0 Å². The minimum atomic E-state index is -0.959. The van der Waals surface area contributed by atoms with Crippen LogP contribution in [0.1, 0.15) is 139 Å². The number of amides is 5. The van der Waals surface area contributed by atoms with Crippen LogP contribution >= 0.6 is 0 Å². The van der Waals surface area contributed by atoms with Gasteiger partial charge in [-0.2, -0.15) is 0 Å². The number of nitrogens with one attached hydrogen (secondary N) is 5. The van der Waals surface area contributed by atoms with Crippen LogP contribution in [-0.4, -0.2) is 125 Å². The van der Waals surface area contributed by atoms with Crippen LogP contribution in [0.25, 0.3) is 0 Å². The predicted octanol–water partition coefficient (Wildman–Crippen LogP) is 3.99. The number of nitrogens with zero attached hydrogens (tertiary/aromatic N) is 3. The van der Waals surface area contributed by atoms with Crippen LogP contribution in [0.3, 0.4) is 0 Å². The minimum absolute atomic E-state index is 0.0468. The molecule has 57 heavy (non-hydrogen) atoms. The van der Waals surface area contributed by atoms with E-state index < -0.39 is 35.5 Å². The number of rotatable bonds is 14. The van der Waals surface area contributed by atoms with Crippen LogP contribution < -0.4 is 21.3 Å². The van der Waals surface area contributed by atoms with Gasteiger partial charge in [-0.3, -0.25) is 34.3 Å². The zero-order chi connectivity index (χ0) is 41.7. The van der Waals surface area contributed by atoms with Gasteiger partial charge < -0.3 is 31.1 Å². The average Bonchev–Trinajstić information content (AvgIpc) is 3.96. The van der Waals surface area contributed by atoms with Crippen LogP contribution in [0.15, 0.2) is 0 Å². The number of fused-ring (bicyclic) bond motifs is 1. The molecule has 2 spiro atoms. The third-order valence-corrected chi connectivity index (χ3v) is 15.5. The third-order valence-electron chi connectivity index (χ3n) is 15.5. The lowest BCUT2D eigenvalue weighted by Gasteiger charge is -2.42. The van der Waals surface area contributed by atoms with Gasteiger partial charge in [0, 0.05) is 43.7 Å². The first-order valence-corrected chi connectivity index (χ1v) is 22.3. The molecule has 2 aliphatic heterocycles. The van der Waals surface area contributed by atoms with Gasteiger partial charge in [-0.05, 0) is 94.4 Å². The molecule has 2 heterocycles. The average molecular weight is 795 g/mol. The van der Waals surface area contributed by atoms with Gasteiger partial charge in [-0.25, -0.2) is 0 Å². The van der Waals surface area contributed by atoms with E-state index in [1.807, 2.05) is 34.7 Å². The molecule has 13 heteroatoms. The molecule has 0 radical (unpaired) electrons. The lowest BCUT2D eigenvalue weighted by Crippen LogP contribution is -2.65. The maximum atomic E-state index is 15.2. The van der Waals surface area contributed by atoms with Crippen LogP contribution in [0, 0.1) is 33.0 Å². The van der Waals surface area contributed by atoms with Crippen molar-refractivity contribution in [3.8, 4) is 0 Å². The molecule has 5 amide bonds. The van der Waals surface area contributed by atoms with E-state index in [2.05, 4.69) is 58.8 Å². The number of likely N-dealkylation sites (N-methyl/N-ethyl adjacent to an activating group) is 1. The van der Waals surface area contributed by atoms with Gasteiger partial charge in [0.1, 0.15) is 29.9 Å². The quantitative estimate of drug-likeness (QED) is 0.166. The van der Waals surface area contributed by atoms with E-state index in [4.69, 9.17) is 5.41 Å². The Morgan fingerprint density at radius 1 is 0.842 bits per heavy atom. The predicted molar refractivity (Wildman–Crippen MR) is 221 cm³/mol. The summed E-state index contributed by atoms with van der Waals surface area (Å²) in [6.45, 7) is 19.2. The van der Waals surface area contributed by atoms with E-state index in [0.717, 1.165) is 77.3 Å². The topological polar surface area (TPSA) is 167 Å². The van der Waals surface area contributed by atoms with E-state index in [1.54, 1.807) is 4.90 Å². The second-order valence-corrected chi connectivity index (χ2v) is 20.6. The maximum absolute atomic E-state index is 15.2. The highest BCUT2D eigenvalue weighted by Crippen LogP contribution is 2.88. The number of likely N-dealkylation sites (tertiary alicyclic amines) is 1. The number of carbonyl (C=O) groups excluding carboxylic acids is 5. The molecule has 3 unspecified atom stereocenters. The van der Waals surface area contributed by atoms with Gasteiger partial charge in [-0.15, -0.1) is 0 Å². The highest BCUT2D eigenvalue weighted by Gasteiger charge is 2.85. The first kappa shape index (κ1) is 43.5. The molecule has 2 saturated heterocycles. The molecular formula is C44H74N8O5. The smallest absolute Gasteiger partial charge is 0.267 e. The fourth-order valence-electron chi connectivity index (χ4n) is 11.5. The lowest BCUT2D eigenvalue weighted by atomic mass is 9.73. The molecule has 5 N–H and O–H groups in total. The molecule has 0 bridgehead atoms. The summed E-state index contributed by atoms with van der Waals surface area (Å²) < 4.78 is 0. The summed E-state index contributed by atoms with van der Waals surface area (Å²) in [5.74, 6) is -1.65. The van der Waals surface area contributed by atoms with Gasteiger partial charge in [0.25, 0.3) is 5.91 Å². The van der Waals surface area contributed by atoms with Crippen LogP contribution in [0.5, 0.6) is 0 Å². The molecule has 0 aromatic rings. The minimum Gasteiger partial charge on any atom is -0.348 e. The van der Waals surface area contributed by atoms with Gasteiger partial charge in [0.15, 0.2) is 0 Å². The Bertz CT molecular complexity index is 1560. The van der Waals surface area contributed by atoms with Crippen LogP contribution in [0.2, 0.25) is 0 Å². The van der Waals surface area contributed by atoms with Crippen molar-refractivity contribution in [1.29, 1.82) is 5.41 Å². The molecule has 0 aromatic heterocycles. The van der Waals surface area contributed by atoms with Crippen molar-refractivity contribution in [2.45, 2.75) is 181 Å². The fraction of sp³-hybridized carbons (Fsp3) is 0.864. The van der Waals surface area contributed by atoms with Gasteiger partial charge in [0.05, 0.1) is 6.04 Å². The largest absolute Gasteiger partial charge is 0.348 e. The Hall–Kier alpha value is -3.06. The molecule has 6 atom stereocenters. The Labute approximate surface area is 341 Å². The summed E-state index contributed by atoms with van der Waals surface area (Å²) >= 11 is 0. The summed E-state index contributed by atoms with van der Waals surface area (Å²) in [5, 5.41) is 21.1. The third kappa shape index (κ3) is 8.26. The molecule has 320 valence electrons.